The maximum absolute atomic E-state index is 12.2. The fourth-order valence-electron chi connectivity index (χ4n) is 3.26. The second kappa shape index (κ2) is 11.5. The number of ether oxygens (including phenoxy) is 1. The van der Waals surface area contributed by atoms with Gasteiger partial charge in [0.15, 0.2) is 6.61 Å². The zero-order chi connectivity index (χ0) is 17.0. The minimum atomic E-state index is -0.00462. The summed E-state index contributed by atoms with van der Waals surface area (Å²) in [6.45, 7) is 0.0954. The topological polar surface area (TPSA) is 38.3 Å². The number of rotatable bonds is 4. The molecule has 1 fully saturated rings. The SMILES string of the molecule is O=C(COc1ccc(Br)cc1)NC1CCCCCCCCCCC1. The summed E-state index contributed by atoms with van der Waals surface area (Å²) in [6, 6.07) is 7.88. The second-order valence-corrected chi connectivity index (χ2v) is 7.68. The van der Waals surface area contributed by atoms with Crippen LogP contribution in [0.25, 0.3) is 0 Å². The van der Waals surface area contributed by atoms with Crippen molar-refractivity contribution in [1.82, 2.24) is 5.32 Å². The minimum Gasteiger partial charge on any atom is -0.484 e. The van der Waals surface area contributed by atoms with Gasteiger partial charge in [0.05, 0.1) is 0 Å². The van der Waals surface area contributed by atoms with E-state index in [1.54, 1.807) is 0 Å². The molecule has 24 heavy (non-hydrogen) atoms. The number of hydrogen-bond acceptors (Lipinski definition) is 2. The highest BCUT2D eigenvalue weighted by Crippen LogP contribution is 2.18. The van der Waals surface area contributed by atoms with Gasteiger partial charge in [0.2, 0.25) is 0 Å². The van der Waals surface area contributed by atoms with E-state index in [2.05, 4.69) is 21.2 Å². The molecule has 0 aromatic heterocycles. The van der Waals surface area contributed by atoms with E-state index in [-0.39, 0.29) is 12.5 Å². The smallest absolute Gasteiger partial charge is 0.258 e. The van der Waals surface area contributed by atoms with E-state index < -0.39 is 0 Å². The van der Waals surface area contributed by atoms with Gasteiger partial charge in [-0.25, -0.2) is 0 Å². The van der Waals surface area contributed by atoms with Gasteiger partial charge >= 0.3 is 0 Å². The fraction of sp³-hybridized carbons (Fsp3) is 0.650. The Labute approximate surface area is 154 Å². The van der Waals surface area contributed by atoms with Crippen molar-refractivity contribution in [3.8, 4) is 5.75 Å². The van der Waals surface area contributed by atoms with E-state index in [0.717, 1.165) is 23.1 Å². The Morgan fingerprint density at radius 2 is 1.42 bits per heavy atom. The summed E-state index contributed by atoms with van der Waals surface area (Å²) >= 11 is 3.39. The van der Waals surface area contributed by atoms with E-state index >= 15 is 0 Å². The van der Waals surface area contributed by atoms with Gasteiger partial charge in [-0.15, -0.1) is 0 Å². The second-order valence-electron chi connectivity index (χ2n) is 6.77. The van der Waals surface area contributed by atoms with Gasteiger partial charge < -0.3 is 10.1 Å². The molecule has 1 aliphatic rings. The van der Waals surface area contributed by atoms with Crippen molar-refractivity contribution in [2.75, 3.05) is 6.61 Å². The van der Waals surface area contributed by atoms with Crippen LogP contribution in [0, 0.1) is 0 Å². The van der Waals surface area contributed by atoms with Crippen LogP contribution in [-0.4, -0.2) is 18.6 Å². The summed E-state index contributed by atoms with van der Waals surface area (Å²) in [4.78, 5) is 12.2. The Kier molecular flexibility index (Phi) is 9.26. The summed E-state index contributed by atoms with van der Waals surface area (Å²) < 4.78 is 6.58. The quantitative estimate of drug-likeness (QED) is 0.718. The predicted molar refractivity (Wildman–Crippen MR) is 102 cm³/mol. The number of amides is 1. The zero-order valence-corrected chi connectivity index (χ0v) is 16.2. The molecule has 134 valence electrons. The third-order valence-electron chi connectivity index (χ3n) is 4.65. The molecule has 1 aliphatic carbocycles. The molecule has 0 atom stereocenters. The van der Waals surface area contributed by atoms with Crippen LogP contribution in [-0.2, 0) is 4.79 Å². The first-order valence-corrected chi connectivity index (χ1v) is 10.2. The fourth-order valence-corrected chi connectivity index (χ4v) is 3.52. The first-order chi connectivity index (χ1) is 11.7. The molecular weight excluding hydrogens is 366 g/mol. The largest absolute Gasteiger partial charge is 0.484 e. The van der Waals surface area contributed by atoms with Crippen LogP contribution < -0.4 is 10.1 Å². The zero-order valence-electron chi connectivity index (χ0n) is 14.6. The molecule has 0 heterocycles. The summed E-state index contributed by atoms with van der Waals surface area (Å²) in [6.07, 6.45) is 14.1. The molecule has 0 aliphatic heterocycles. The molecule has 3 nitrogen and oxygen atoms in total. The van der Waals surface area contributed by atoms with Crippen LogP contribution in [0.1, 0.15) is 70.6 Å². The van der Waals surface area contributed by atoms with Crippen molar-refractivity contribution in [3.05, 3.63) is 28.7 Å². The van der Waals surface area contributed by atoms with Crippen LogP contribution in [0.4, 0.5) is 0 Å². The number of benzene rings is 1. The van der Waals surface area contributed by atoms with Crippen LogP contribution in [0.2, 0.25) is 0 Å². The van der Waals surface area contributed by atoms with Crippen molar-refractivity contribution in [2.45, 2.75) is 76.7 Å². The summed E-state index contributed by atoms with van der Waals surface area (Å²) in [5, 5.41) is 3.18. The van der Waals surface area contributed by atoms with Crippen molar-refractivity contribution >= 4 is 21.8 Å². The Morgan fingerprint density at radius 3 is 1.96 bits per heavy atom. The lowest BCUT2D eigenvalue weighted by Gasteiger charge is -2.19. The first kappa shape index (κ1) is 19.3. The Hall–Kier alpha value is -1.03. The van der Waals surface area contributed by atoms with Gasteiger partial charge in [0.25, 0.3) is 5.91 Å². The van der Waals surface area contributed by atoms with Gasteiger partial charge in [0, 0.05) is 10.5 Å². The Morgan fingerprint density at radius 1 is 0.917 bits per heavy atom. The molecule has 0 bridgehead atoms. The highest BCUT2D eigenvalue weighted by Gasteiger charge is 2.13. The number of hydrogen-bond donors (Lipinski definition) is 1. The molecular formula is C20H30BrNO2. The summed E-state index contributed by atoms with van der Waals surface area (Å²) in [5.74, 6) is 0.724. The highest BCUT2D eigenvalue weighted by atomic mass is 79.9. The molecule has 1 N–H and O–H groups in total. The van der Waals surface area contributed by atoms with Crippen molar-refractivity contribution < 1.29 is 9.53 Å². The molecule has 0 spiro atoms. The number of halogens is 1. The van der Waals surface area contributed by atoms with Crippen molar-refractivity contribution in [3.63, 3.8) is 0 Å². The normalized spacial score (nSPS) is 18.2. The monoisotopic (exact) mass is 395 g/mol. The van der Waals surface area contributed by atoms with Gasteiger partial charge in [-0.1, -0.05) is 73.7 Å². The molecule has 1 aromatic rings. The predicted octanol–water partition coefficient (Wildman–Crippen LogP) is 5.62. The van der Waals surface area contributed by atoms with Gasteiger partial charge in [-0.05, 0) is 37.1 Å². The molecule has 1 saturated carbocycles. The first-order valence-electron chi connectivity index (χ1n) is 9.42. The Balaban J connectivity index is 1.73. The maximum atomic E-state index is 12.2. The molecule has 0 radical (unpaired) electrons. The van der Waals surface area contributed by atoms with Crippen LogP contribution in [0.3, 0.4) is 0 Å². The van der Waals surface area contributed by atoms with E-state index in [1.807, 2.05) is 24.3 Å². The third-order valence-corrected chi connectivity index (χ3v) is 5.18. The van der Waals surface area contributed by atoms with Crippen LogP contribution in [0.5, 0.6) is 5.75 Å². The third kappa shape index (κ3) is 8.18. The van der Waals surface area contributed by atoms with Gasteiger partial charge in [0.1, 0.15) is 5.75 Å². The van der Waals surface area contributed by atoms with E-state index in [4.69, 9.17) is 4.74 Å². The van der Waals surface area contributed by atoms with E-state index in [0.29, 0.717) is 6.04 Å². The standard InChI is InChI=1S/C20H30BrNO2/c21-17-12-14-19(15-13-17)24-16-20(23)22-18-10-8-6-4-2-1-3-5-7-9-11-18/h12-15,18H,1-11,16H2,(H,22,23). The summed E-state index contributed by atoms with van der Waals surface area (Å²) in [7, 11) is 0. The average Bonchev–Trinajstić information content (AvgIpc) is 2.57. The molecule has 2 rings (SSSR count). The lowest BCUT2D eigenvalue weighted by molar-refractivity contribution is -0.123. The minimum absolute atomic E-state index is 0.00462. The number of carbonyl (C=O) groups excluding carboxylic acids is 1. The lowest BCUT2D eigenvalue weighted by Crippen LogP contribution is -2.38. The molecule has 1 amide bonds. The molecule has 1 aromatic carbocycles. The van der Waals surface area contributed by atoms with E-state index in [1.165, 1.54) is 57.8 Å². The average molecular weight is 396 g/mol. The van der Waals surface area contributed by atoms with Crippen molar-refractivity contribution in [2.24, 2.45) is 0 Å². The van der Waals surface area contributed by atoms with Crippen molar-refractivity contribution in [1.29, 1.82) is 0 Å². The highest BCUT2D eigenvalue weighted by molar-refractivity contribution is 9.10. The Bertz CT molecular complexity index is 463. The summed E-state index contributed by atoms with van der Waals surface area (Å²) in [5.41, 5.74) is 0. The maximum Gasteiger partial charge on any atom is 0.258 e. The van der Waals surface area contributed by atoms with E-state index in [9.17, 15) is 4.79 Å². The molecule has 0 unspecified atom stereocenters. The van der Waals surface area contributed by atoms with Crippen LogP contribution in [0.15, 0.2) is 28.7 Å². The number of carbonyl (C=O) groups is 1. The lowest BCUT2D eigenvalue weighted by atomic mass is 9.98. The van der Waals surface area contributed by atoms with Gasteiger partial charge in [-0.2, -0.15) is 0 Å². The van der Waals surface area contributed by atoms with Crippen LogP contribution >= 0.6 is 15.9 Å². The molecule has 4 heteroatoms. The van der Waals surface area contributed by atoms with Gasteiger partial charge in [-0.3, -0.25) is 4.79 Å². The number of nitrogens with one attached hydrogen (secondary N) is 1. The molecule has 0 saturated heterocycles.